The molecule has 7 nitrogen and oxygen atoms in total. The fourth-order valence-corrected chi connectivity index (χ4v) is 3.43. The maximum atomic E-state index is 12.3. The van der Waals surface area contributed by atoms with Crippen LogP contribution in [0, 0.1) is 0 Å². The number of nitrogens with zero attached hydrogens (tertiary/aromatic N) is 2. The molecule has 2 rings (SSSR count). The molecule has 1 aromatic heterocycles. The molecule has 1 N–H and O–H groups in total. The topological polar surface area (TPSA) is 89.9 Å². The molecule has 1 amide bonds. The van der Waals surface area contributed by atoms with Crippen molar-refractivity contribution in [2.45, 2.75) is 32.1 Å². The van der Waals surface area contributed by atoms with Gasteiger partial charge in [-0.25, -0.2) is 4.98 Å². The van der Waals surface area contributed by atoms with Gasteiger partial charge in [0.1, 0.15) is 18.7 Å². The van der Waals surface area contributed by atoms with Gasteiger partial charge < -0.3 is 14.9 Å². The number of carbonyl (C=O) groups is 2. The van der Waals surface area contributed by atoms with Gasteiger partial charge in [0.2, 0.25) is 11.0 Å². The Hall–Kier alpha value is -2.58. The zero-order chi connectivity index (χ0) is 22.3. The highest BCUT2D eigenvalue weighted by atomic mass is 35.5. The Morgan fingerprint density at radius 1 is 1.27 bits per heavy atom. The van der Waals surface area contributed by atoms with Crippen molar-refractivity contribution >= 4 is 40.1 Å². The third-order valence-corrected chi connectivity index (χ3v) is 5.01. The first-order valence-electron chi connectivity index (χ1n) is 9.09. The monoisotopic (exact) mass is 449 g/mol. The lowest BCUT2D eigenvalue weighted by atomic mass is 10.0. The highest BCUT2D eigenvalue weighted by Gasteiger charge is 2.20. The molecule has 0 spiro atoms. The van der Waals surface area contributed by atoms with E-state index in [0.717, 1.165) is 0 Å². The Morgan fingerprint density at radius 2 is 1.97 bits per heavy atom. The summed E-state index contributed by atoms with van der Waals surface area (Å²) in [5, 5.41) is 6.47. The van der Waals surface area contributed by atoms with Gasteiger partial charge in [0, 0.05) is 29.1 Å². The molecule has 0 saturated heterocycles. The van der Waals surface area contributed by atoms with Crippen molar-refractivity contribution < 1.29 is 19.2 Å². The number of nitrogens with one attached hydrogen (secondary N) is 1. The number of halogens is 1. The number of hydrogen-bond acceptors (Lipinski definition) is 7. The van der Waals surface area contributed by atoms with Gasteiger partial charge in [0.15, 0.2) is 5.71 Å². The summed E-state index contributed by atoms with van der Waals surface area (Å²) in [6, 6.07) is 8.68. The van der Waals surface area contributed by atoms with Gasteiger partial charge >= 0.3 is 0 Å². The number of amides is 1. The normalized spacial score (nSPS) is 11.7. The molecular weight excluding hydrogens is 426 g/mol. The number of benzene rings is 1. The van der Waals surface area contributed by atoms with Crippen molar-refractivity contribution in [3.05, 3.63) is 58.2 Å². The van der Waals surface area contributed by atoms with Crippen LogP contribution >= 0.6 is 23.4 Å². The molecule has 1 heterocycles. The van der Waals surface area contributed by atoms with Crippen LogP contribution in [0.2, 0.25) is 5.02 Å². The molecule has 0 radical (unpaired) electrons. The second-order valence-corrected chi connectivity index (χ2v) is 9.37. The first-order valence-corrected chi connectivity index (χ1v) is 10.3. The Balaban J connectivity index is 2.21. The maximum Gasteiger partial charge on any atom is 0.273 e. The summed E-state index contributed by atoms with van der Waals surface area (Å²) in [4.78, 5) is 33.5. The van der Waals surface area contributed by atoms with Crippen LogP contribution in [-0.2, 0) is 16.2 Å². The number of hydrogen-bond donors (Lipinski definition) is 1. The molecule has 1 aromatic carbocycles. The Labute approximate surface area is 185 Å². The summed E-state index contributed by atoms with van der Waals surface area (Å²) in [7, 11) is 2.88. The second-order valence-electron chi connectivity index (χ2n) is 7.16. The Morgan fingerprint density at radius 3 is 2.57 bits per heavy atom. The van der Waals surface area contributed by atoms with E-state index in [2.05, 4.69) is 15.5 Å². The highest BCUT2D eigenvalue weighted by Crippen LogP contribution is 2.30. The first kappa shape index (κ1) is 23.7. The minimum atomic E-state index is -0.389. The number of thioether (sulfide) groups is 1. The van der Waals surface area contributed by atoms with Crippen LogP contribution < -0.4 is 10.1 Å². The summed E-state index contributed by atoms with van der Waals surface area (Å²) >= 11 is 7.49. The average molecular weight is 450 g/mol. The van der Waals surface area contributed by atoms with Gasteiger partial charge in [-0.15, -0.1) is 0 Å². The van der Waals surface area contributed by atoms with Crippen LogP contribution in [-0.4, -0.2) is 40.6 Å². The zero-order valence-corrected chi connectivity index (χ0v) is 19.1. The molecule has 0 fully saturated rings. The van der Waals surface area contributed by atoms with Crippen LogP contribution in [0.15, 0.2) is 41.7 Å². The van der Waals surface area contributed by atoms with E-state index in [1.165, 1.54) is 32.1 Å². The van der Waals surface area contributed by atoms with Gasteiger partial charge in [0.05, 0.1) is 0 Å². The van der Waals surface area contributed by atoms with E-state index in [0.29, 0.717) is 16.7 Å². The number of oxime groups is 1. The van der Waals surface area contributed by atoms with Crippen molar-refractivity contribution in [1.82, 2.24) is 10.3 Å². The third-order valence-electron chi connectivity index (χ3n) is 3.70. The van der Waals surface area contributed by atoms with Crippen LogP contribution in [0.5, 0.6) is 5.88 Å². The van der Waals surface area contributed by atoms with Crippen molar-refractivity contribution in [2.24, 2.45) is 5.16 Å². The van der Waals surface area contributed by atoms with E-state index in [1.807, 2.05) is 26.8 Å². The molecule has 0 saturated carbocycles. The van der Waals surface area contributed by atoms with E-state index >= 15 is 0 Å². The Bertz CT molecular complexity index is 958. The highest BCUT2D eigenvalue weighted by molar-refractivity contribution is 8.15. The minimum absolute atomic E-state index is 0.0899. The predicted octanol–water partition coefficient (Wildman–Crippen LogP) is 4.08. The fraction of sp³-hybridized carbons (Fsp3) is 0.333. The van der Waals surface area contributed by atoms with Crippen LogP contribution in [0.3, 0.4) is 0 Å². The van der Waals surface area contributed by atoms with Crippen molar-refractivity contribution in [2.75, 3.05) is 14.2 Å². The Kier molecular flexibility index (Phi) is 8.25. The predicted molar refractivity (Wildman–Crippen MR) is 119 cm³/mol. The van der Waals surface area contributed by atoms with Gasteiger partial charge in [-0.05, 0) is 11.6 Å². The number of ether oxygens (including phenoxy) is 1. The molecule has 30 heavy (non-hydrogen) atoms. The molecule has 160 valence electrons. The van der Waals surface area contributed by atoms with E-state index in [1.54, 1.807) is 24.3 Å². The van der Waals surface area contributed by atoms with E-state index in [-0.39, 0.29) is 39.0 Å². The molecule has 0 aliphatic carbocycles. The molecule has 0 atom stereocenters. The number of carbonyl (C=O) groups excluding carboxylic acids is 2. The fourth-order valence-electron chi connectivity index (χ4n) is 2.43. The molecule has 0 unspecified atom stereocenters. The van der Waals surface area contributed by atoms with Crippen LogP contribution in [0.25, 0.3) is 0 Å². The lowest BCUT2D eigenvalue weighted by molar-refractivity contribution is -0.114. The summed E-state index contributed by atoms with van der Waals surface area (Å²) in [6.07, 6.45) is 1.44. The van der Waals surface area contributed by atoms with Gasteiger partial charge in [-0.1, -0.05) is 73.6 Å². The molecule has 9 heteroatoms. The SMILES string of the molecule is CNC(=O)/C(=N\OC)c1ccccc1COc1ncc(C(=O)SC(C)(C)C)cc1Cl. The number of likely N-dealkylation sites (N-methyl/N-ethyl adjacent to an activating group) is 1. The molecular formula is C21H24ClN3O4S. The second kappa shape index (κ2) is 10.4. The quantitative estimate of drug-likeness (QED) is 0.506. The van der Waals surface area contributed by atoms with E-state index in [4.69, 9.17) is 21.2 Å². The average Bonchev–Trinajstić information content (AvgIpc) is 2.69. The van der Waals surface area contributed by atoms with Gasteiger partial charge in [0.25, 0.3) is 5.91 Å². The summed E-state index contributed by atoms with van der Waals surface area (Å²) in [6.45, 7) is 5.96. The summed E-state index contributed by atoms with van der Waals surface area (Å²) in [5.74, 6) is -0.200. The number of aromatic nitrogens is 1. The van der Waals surface area contributed by atoms with E-state index in [9.17, 15) is 9.59 Å². The molecule has 0 aliphatic rings. The van der Waals surface area contributed by atoms with Crippen LogP contribution in [0.1, 0.15) is 42.3 Å². The van der Waals surface area contributed by atoms with Gasteiger partial charge in [-0.3, -0.25) is 9.59 Å². The largest absolute Gasteiger partial charge is 0.472 e. The first-order chi connectivity index (χ1) is 14.2. The minimum Gasteiger partial charge on any atom is -0.472 e. The molecule has 0 aliphatic heterocycles. The summed E-state index contributed by atoms with van der Waals surface area (Å²) < 4.78 is 5.54. The number of pyridine rings is 1. The van der Waals surface area contributed by atoms with Crippen molar-refractivity contribution in [3.63, 3.8) is 0 Å². The number of rotatable bonds is 7. The van der Waals surface area contributed by atoms with Crippen molar-refractivity contribution in [1.29, 1.82) is 0 Å². The standard InChI is InChI=1S/C21H24ClN3O4S/c1-21(2,3)30-20(27)14-10-16(22)19(24-11-14)29-12-13-8-6-7-9-15(13)17(25-28-5)18(26)23-4/h6-11H,12H2,1-5H3,(H,23,26)/b25-17-. The molecule has 0 bridgehead atoms. The van der Waals surface area contributed by atoms with Crippen LogP contribution in [0.4, 0.5) is 0 Å². The maximum absolute atomic E-state index is 12.3. The summed E-state index contributed by atoms with van der Waals surface area (Å²) in [5.41, 5.74) is 1.78. The van der Waals surface area contributed by atoms with Gasteiger partial charge in [-0.2, -0.15) is 0 Å². The third kappa shape index (κ3) is 6.47. The lowest BCUT2D eigenvalue weighted by Gasteiger charge is -2.16. The zero-order valence-electron chi connectivity index (χ0n) is 17.5. The smallest absolute Gasteiger partial charge is 0.273 e. The molecule has 2 aromatic rings. The van der Waals surface area contributed by atoms with Crippen molar-refractivity contribution in [3.8, 4) is 5.88 Å². The van der Waals surface area contributed by atoms with E-state index < -0.39 is 0 Å². The lowest BCUT2D eigenvalue weighted by Crippen LogP contribution is -2.29.